The summed E-state index contributed by atoms with van der Waals surface area (Å²) >= 11 is 7.22. The molecule has 2 aliphatic rings. The van der Waals surface area contributed by atoms with Crippen molar-refractivity contribution in [3.63, 3.8) is 0 Å². The molecule has 0 spiro atoms. The minimum atomic E-state index is -0.266. The van der Waals surface area contributed by atoms with Crippen molar-refractivity contribution in [1.82, 2.24) is 0 Å². The van der Waals surface area contributed by atoms with Crippen molar-refractivity contribution < 1.29 is 9.78 Å². The molecule has 0 aromatic heterocycles. The zero-order valence-electron chi connectivity index (χ0n) is 6.76. The van der Waals surface area contributed by atoms with Gasteiger partial charge in [0, 0.05) is 6.42 Å². The number of fused-ring (bicyclic) bond motifs is 2. The van der Waals surface area contributed by atoms with Crippen molar-refractivity contribution in [2.45, 2.75) is 47.5 Å². The van der Waals surface area contributed by atoms with Crippen molar-refractivity contribution in [2.75, 3.05) is 0 Å². The molecule has 0 N–H and O–H groups in total. The second-order valence-electron chi connectivity index (χ2n) is 3.54. The van der Waals surface area contributed by atoms with E-state index in [0.717, 1.165) is 19.3 Å². The Balaban J connectivity index is 2.10. The predicted molar refractivity (Wildman–Crippen MR) is 53.4 cm³/mol. The fraction of sp³-hybridized carbons (Fsp3) is 1.00. The molecule has 2 nitrogen and oxygen atoms in total. The lowest BCUT2D eigenvalue weighted by molar-refractivity contribution is -0.302. The number of alkyl halides is 2. The van der Waals surface area contributed by atoms with Gasteiger partial charge in [-0.2, -0.15) is 0 Å². The molecule has 1 saturated heterocycles. The van der Waals surface area contributed by atoms with Crippen LogP contribution in [0.2, 0.25) is 0 Å². The Bertz CT molecular complexity index is 176. The van der Waals surface area contributed by atoms with Crippen LogP contribution in [0.5, 0.6) is 0 Å². The first-order chi connectivity index (χ1) is 5.71. The van der Waals surface area contributed by atoms with Gasteiger partial charge in [-0.15, -0.1) is 0 Å². The van der Waals surface area contributed by atoms with Gasteiger partial charge in [-0.05, 0) is 28.8 Å². The first-order valence-electron chi connectivity index (χ1n) is 4.38. The smallest absolute Gasteiger partial charge is 0.172 e. The summed E-state index contributed by atoms with van der Waals surface area (Å²) < 4.78 is -0.266. The molecule has 1 saturated carbocycles. The maximum atomic E-state index is 5.31. The van der Waals surface area contributed by atoms with Gasteiger partial charge in [-0.3, -0.25) is 0 Å². The summed E-state index contributed by atoms with van der Waals surface area (Å²) in [7, 11) is 0. The Hall–Kier alpha value is 0.880. The fourth-order valence-corrected chi connectivity index (χ4v) is 3.02. The van der Waals surface area contributed by atoms with Crippen LogP contribution >= 0.6 is 31.9 Å². The zero-order chi connectivity index (χ0) is 8.60. The van der Waals surface area contributed by atoms with Crippen LogP contribution in [0, 0.1) is 0 Å². The first-order valence-corrected chi connectivity index (χ1v) is 6.09. The van der Waals surface area contributed by atoms with Crippen LogP contribution in [0.4, 0.5) is 0 Å². The maximum absolute atomic E-state index is 5.31. The quantitative estimate of drug-likeness (QED) is 0.505. The SMILES string of the molecule is BrC1CCCCC2CC1(Br)OO2. The summed E-state index contributed by atoms with van der Waals surface area (Å²) in [4.78, 5) is 10.9. The Morgan fingerprint density at radius 1 is 1.25 bits per heavy atom. The zero-order valence-corrected chi connectivity index (χ0v) is 9.93. The van der Waals surface area contributed by atoms with E-state index in [0.29, 0.717) is 10.9 Å². The van der Waals surface area contributed by atoms with E-state index in [-0.39, 0.29) is 4.51 Å². The number of hydrogen-bond donors (Lipinski definition) is 0. The van der Waals surface area contributed by atoms with E-state index in [9.17, 15) is 0 Å². The van der Waals surface area contributed by atoms with E-state index in [1.807, 2.05) is 0 Å². The third-order valence-corrected chi connectivity index (χ3v) is 5.35. The second-order valence-corrected chi connectivity index (χ2v) is 5.99. The average Bonchev–Trinajstić information content (AvgIpc) is 2.42. The highest BCUT2D eigenvalue weighted by Gasteiger charge is 2.46. The van der Waals surface area contributed by atoms with Gasteiger partial charge in [0.15, 0.2) is 4.51 Å². The summed E-state index contributed by atoms with van der Waals surface area (Å²) in [5.41, 5.74) is 0. The van der Waals surface area contributed by atoms with Crippen LogP contribution in [0.1, 0.15) is 32.1 Å². The molecule has 3 unspecified atom stereocenters. The molecule has 0 radical (unpaired) electrons. The lowest BCUT2D eigenvalue weighted by Gasteiger charge is -2.25. The highest BCUT2D eigenvalue weighted by atomic mass is 79.9. The molecule has 0 aromatic carbocycles. The largest absolute Gasteiger partial charge is 0.232 e. The van der Waals surface area contributed by atoms with E-state index in [1.165, 1.54) is 12.8 Å². The normalized spacial score (nSPS) is 48.5. The molecule has 1 heterocycles. The topological polar surface area (TPSA) is 18.5 Å². The van der Waals surface area contributed by atoms with Gasteiger partial charge in [0.1, 0.15) is 0 Å². The van der Waals surface area contributed by atoms with Gasteiger partial charge in [-0.1, -0.05) is 28.8 Å². The van der Waals surface area contributed by atoms with E-state index in [4.69, 9.17) is 9.78 Å². The van der Waals surface area contributed by atoms with Gasteiger partial charge < -0.3 is 0 Å². The van der Waals surface area contributed by atoms with Gasteiger partial charge >= 0.3 is 0 Å². The third kappa shape index (κ3) is 1.72. The van der Waals surface area contributed by atoms with E-state index < -0.39 is 0 Å². The maximum Gasteiger partial charge on any atom is 0.172 e. The van der Waals surface area contributed by atoms with Gasteiger partial charge in [-0.25, -0.2) is 9.78 Å². The molecule has 0 aromatic rings. The second kappa shape index (κ2) is 3.56. The predicted octanol–water partition coefficient (Wildman–Crippen LogP) is 3.14. The molecule has 0 amide bonds. The van der Waals surface area contributed by atoms with Gasteiger partial charge in [0.2, 0.25) is 0 Å². The summed E-state index contributed by atoms with van der Waals surface area (Å²) in [6.07, 6.45) is 6.05. The molecule has 3 atom stereocenters. The van der Waals surface area contributed by atoms with Crippen LogP contribution in [0.3, 0.4) is 0 Å². The Morgan fingerprint density at radius 2 is 2.00 bits per heavy atom. The Kier molecular flexibility index (Phi) is 2.80. The molecule has 2 rings (SSSR count). The molecule has 1 aliphatic heterocycles. The molecule has 12 heavy (non-hydrogen) atoms. The van der Waals surface area contributed by atoms with Gasteiger partial charge in [0.05, 0.1) is 10.9 Å². The molecule has 1 aliphatic carbocycles. The summed E-state index contributed by atoms with van der Waals surface area (Å²) in [6, 6.07) is 0. The monoisotopic (exact) mass is 298 g/mol. The minimum absolute atomic E-state index is 0.266. The van der Waals surface area contributed by atoms with Crippen LogP contribution in [0.25, 0.3) is 0 Å². The molecular weight excluding hydrogens is 288 g/mol. The standard InChI is InChI=1S/C8H12Br2O2/c9-7-4-2-1-3-6-5-8(7,10)12-11-6/h6-7H,1-5H2. The van der Waals surface area contributed by atoms with Crippen molar-refractivity contribution in [3.8, 4) is 0 Å². The summed E-state index contributed by atoms with van der Waals surface area (Å²) in [5, 5.41) is 0. The molecule has 70 valence electrons. The lowest BCUT2D eigenvalue weighted by atomic mass is 9.97. The first kappa shape index (κ1) is 9.44. The molecular formula is C8H12Br2O2. The number of halogens is 2. The summed E-state index contributed by atoms with van der Waals surface area (Å²) in [5.74, 6) is 0. The summed E-state index contributed by atoms with van der Waals surface area (Å²) in [6.45, 7) is 0. The van der Waals surface area contributed by atoms with E-state index >= 15 is 0 Å². The van der Waals surface area contributed by atoms with E-state index in [1.54, 1.807) is 0 Å². The van der Waals surface area contributed by atoms with Crippen LogP contribution < -0.4 is 0 Å². The van der Waals surface area contributed by atoms with Crippen molar-refractivity contribution in [2.24, 2.45) is 0 Å². The minimum Gasteiger partial charge on any atom is -0.232 e. The molecule has 4 heteroatoms. The van der Waals surface area contributed by atoms with Crippen LogP contribution in [-0.4, -0.2) is 15.4 Å². The third-order valence-electron chi connectivity index (χ3n) is 2.53. The highest BCUT2D eigenvalue weighted by Crippen LogP contribution is 2.44. The van der Waals surface area contributed by atoms with Crippen LogP contribution in [0.15, 0.2) is 0 Å². The van der Waals surface area contributed by atoms with Crippen molar-refractivity contribution >= 4 is 31.9 Å². The number of rotatable bonds is 0. The Morgan fingerprint density at radius 3 is 2.83 bits per heavy atom. The average molecular weight is 300 g/mol. The highest BCUT2D eigenvalue weighted by molar-refractivity contribution is 9.12. The number of hydrogen-bond acceptors (Lipinski definition) is 2. The van der Waals surface area contributed by atoms with Crippen molar-refractivity contribution in [1.29, 1.82) is 0 Å². The molecule has 2 fully saturated rings. The lowest BCUT2D eigenvalue weighted by Crippen LogP contribution is -2.32. The van der Waals surface area contributed by atoms with Crippen LogP contribution in [-0.2, 0) is 9.78 Å². The Labute approximate surface area is 89.2 Å². The van der Waals surface area contributed by atoms with Crippen molar-refractivity contribution in [3.05, 3.63) is 0 Å². The fourth-order valence-electron chi connectivity index (χ4n) is 1.77. The van der Waals surface area contributed by atoms with E-state index in [2.05, 4.69) is 31.9 Å². The van der Waals surface area contributed by atoms with Gasteiger partial charge in [0.25, 0.3) is 0 Å². The molecule has 2 bridgehead atoms.